The zero-order valence-corrected chi connectivity index (χ0v) is 18.0. The molecule has 1 atom stereocenters. The summed E-state index contributed by atoms with van der Waals surface area (Å²) in [5.41, 5.74) is 4.32. The molecule has 2 heterocycles. The van der Waals surface area contributed by atoms with Gasteiger partial charge in [-0.3, -0.25) is 9.78 Å². The molecule has 5 nitrogen and oxygen atoms in total. The van der Waals surface area contributed by atoms with Gasteiger partial charge >= 0.3 is 0 Å². The third kappa shape index (κ3) is 4.81. The van der Waals surface area contributed by atoms with Crippen LogP contribution in [0.25, 0.3) is 11.0 Å². The second-order valence-corrected chi connectivity index (χ2v) is 7.33. The van der Waals surface area contributed by atoms with Crippen LogP contribution in [0.3, 0.4) is 0 Å². The SMILES string of the molecule is CC[C@@H](NC(=O)c1ccc2c(c1)ncn2Cc1ccc(Cl)cn1)c1ccccc1.Cl. The number of carbonyl (C=O) groups is 1. The first kappa shape index (κ1) is 21.8. The Bertz CT molecular complexity index is 1130. The molecule has 0 saturated heterocycles. The molecule has 4 aromatic rings. The fourth-order valence-electron chi connectivity index (χ4n) is 3.35. The number of halogens is 2. The highest BCUT2D eigenvalue weighted by atomic mass is 35.5. The summed E-state index contributed by atoms with van der Waals surface area (Å²) in [5, 5.41) is 3.73. The summed E-state index contributed by atoms with van der Waals surface area (Å²) < 4.78 is 2.01. The van der Waals surface area contributed by atoms with E-state index in [1.807, 2.05) is 65.2 Å². The summed E-state index contributed by atoms with van der Waals surface area (Å²) in [6.07, 6.45) is 4.22. The van der Waals surface area contributed by atoms with Gasteiger partial charge in [0.25, 0.3) is 5.91 Å². The maximum Gasteiger partial charge on any atom is 0.251 e. The molecular formula is C23H22Cl2N4O. The maximum absolute atomic E-state index is 12.8. The van der Waals surface area contributed by atoms with Crippen molar-refractivity contribution in [1.29, 1.82) is 0 Å². The molecule has 0 aliphatic carbocycles. The minimum absolute atomic E-state index is 0. The van der Waals surface area contributed by atoms with Crippen molar-refractivity contribution in [2.24, 2.45) is 0 Å². The van der Waals surface area contributed by atoms with Crippen LogP contribution in [0.5, 0.6) is 0 Å². The number of fused-ring (bicyclic) bond motifs is 1. The lowest BCUT2D eigenvalue weighted by Gasteiger charge is -2.17. The number of rotatable bonds is 6. The molecular weight excluding hydrogens is 419 g/mol. The molecule has 1 N–H and O–H groups in total. The highest BCUT2D eigenvalue weighted by molar-refractivity contribution is 6.30. The molecule has 0 unspecified atom stereocenters. The van der Waals surface area contributed by atoms with Gasteiger partial charge in [0, 0.05) is 11.8 Å². The zero-order chi connectivity index (χ0) is 20.2. The Morgan fingerprint density at radius 1 is 1.10 bits per heavy atom. The molecule has 1 amide bonds. The minimum Gasteiger partial charge on any atom is -0.345 e. The Balaban J connectivity index is 0.00000256. The third-order valence-corrected chi connectivity index (χ3v) is 5.14. The molecule has 0 saturated carbocycles. The number of nitrogens with zero attached hydrogens (tertiary/aromatic N) is 3. The Hall–Kier alpha value is -2.89. The zero-order valence-electron chi connectivity index (χ0n) is 16.5. The number of amides is 1. The molecule has 0 radical (unpaired) electrons. The molecule has 0 spiro atoms. The van der Waals surface area contributed by atoms with Gasteiger partial charge in [-0.2, -0.15) is 0 Å². The topological polar surface area (TPSA) is 59.8 Å². The number of imidazole rings is 1. The van der Waals surface area contributed by atoms with Crippen LogP contribution in [0.15, 0.2) is 73.2 Å². The van der Waals surface area contributed by atoms with E-state index in [2.05, 4.69) is 22.2 Å². The standard InChI is InChI=1S/C23H21ClN4O.ClH/c1-2-20(16-6-4-3-5-7-16)27-23(29)17-8-11-22-21(12-17)26-15-28(22)14-19-10-9-18(24)13-25-19;/h3-13,15,20H,2,14H2,1H3,(H,27,29);1H/t20-;/m1./s1. The molecule has 30 heavy (non-hydrogen) atoms. The van der Waals surface area contributed by atoms with Crippen molar-refractivity contribution in [3.8, 4) is 0 Å². The van der Waals surface area contributed by atoms with E-state index < -0.39 is 0 Å². The number of carbonyl (C=O) groups excluding carboxylic acids is 1. The van der Waals surface area contributed by atoms with Gasteiger partial charge in [-0.15, -0.1) is 12.4 Å². The molecule has 154 valence electrons. The summed E-state index contributed by atoms with van der Waals surface area (Å²) >= 11 is 5.90. The fourth-order valence-corrected chi connectivity index (χ4v) is 3.47. The predicted octanol–water partition coefficient (Wildman–Crippen LogP) is 5.44. The third-order valence-electron chi connectivity index (χ3n) is 4.92. The van der Waals surface area contributed by atoms with E-state index in [9.17, 15) is 4.79 Å². The van der Waals surface area contributed by atoms with Crippen LogP contribution in [0.1, 0.15) is 41.0 Å². The summed E-state index contributed by atoms with van der Waals surface area (Å²) in [5.74, 6) is -0.100. The van der Waals surface area contributed by atoms with E-state index in [4.69, 9.17) is 11.6 Å². The normalized spacial score (nSPS) is 11.7. The Labute approximate surface area is 186 Å². The van der Waals surface area contributed by atoms with E-state index in [1.54, 1.807) is 12.5 Å². The average molecular weight is 441 g/mol. The first-order valence-electron chi connectivity index (χ1n) is 9.55. The number of hydrogen-bond donors (Lipinski definition) is 1. The van der Waals surface area contributed by atoms with Crippen LogP contribution in [0, 0.1) is 0 Å². The van der Waals surface area contributed by atoms with Crippen LogP contribution >= 0.6 is 24.0 Å². The van der Waals surface area contributed by atoms with Crippen LogP contribution in [0.4, 0.5) is 0 Å². The molecule has 0 fully saturated rings. The molecule has 7 heteroatoms. The largest absolute Gasteiger partial charge is 0.345 e. The average Bonchev–Trinajstić information content (AvgIpc) is 3.16. The Morgan fingerprint density at radius 2 is 1.90 bits per heavy atom. The van der Waals surface area contributed by atoms with Crippen molar-refractivity contribution >= 4 is 40.9 Å². The minimum atomic E-state index is -0.100. The van der Waals surface area contributed by atoms with Gasteiger partial charge in [0.05, 0.1) is 40.7 Å². The first-order chi connectivity index (χ1) is 14.1. The van der Waals surface area contributed by atoms with Crippen molar-refractivity contribution in [2.75, 3.05) is 0 Å². The van der Waals surface area contributed by atoms with Gasteiger partial charge in [0.1, 0.15) is 0 Å². The number of pyridine rings is 1. The van der Waals surface area contributed by atoms with Gasteiger partial charge in [-0.1, -0.05) is 48.9 Å². The summed E-state index contributed by atoms with van der Waals surface area (Å²) in [6, 6.07) is 19.3. The summed E-state index contributed by atoms with van der Waals surface area (Å²) in [6.45, 7) is 2.65. The van der Waals surface area contributed by atoms with Crippen molar-refractivity contribution in [1.82, 2.24) is 19.9 Å². The summed E-state index contributed by atoms with van der Waals surface area (Å²) in [7, 11) is 0. The van der Waals surface area contributed by atoms with Gasteiger partial charge in [-0.05, 0) is 42.3 Å². The van der Waals surface area contributed by atoms with E-state index in [-0.39, 0.29) is 24.4 Å². The van der Waals surface area contributed by atoms with Gasteiger partial charge in [0.15, 0.2) is 0 Å². The predicted molar refractivity (Wildman–Crippen MR) is 122 cm³/mol. The lowest BCUT2D eigenvalue weighted by molar-refractivity contribution is 0.0935. The van der Waals surface area contributed by atoms with Gasteiger partial charge in [0.2, 0.25) is 0 Å². The van der Waals surface area contributed by atoms with Crippen molar-refractivity contribution in [2.45, 2.75) is 25.9 Å². The first-order valence-corrected chi connectivity index (χ1v) is 9.93. The van der Waals surface area contributed by atoms with Gasteiger partial charge in [-0.25, -0.2) is 4.98 Å². The van der Waals surface area contributed by atoms with Crippen LogP contribution < -0.4 is 5.32 Å². The van der Waals surface area contributed by atoms with Crippen molar-refractivity contribution < 1.29 is 4.79 Å². The number of aromatic nitrogens is 3. The highest BCUT2D eigenvalue weighted by Gasteiger charge is 2.15. The Morgan fingerprint density at radius 3 is 2.60 bits per heavy atom. The highest BCUT2D eigenvalue weighted by Crippen LogP contribution is 2.20. The van der Waals surface area contributed by atoms with Gasteiger partial charge < -0.3 is 9.88 Å². The number of benzene rings is 2. The van der Waals surface area contributed by atoms with Crippen LogP contribution in [-0.4, -0.2) is 20.4 Å². The lowest BCUT2D eigenvalue weighted by atomic mass is 10.0. The number of hydrogen-bond acceptors (Lipinski definition) is 3. The fraction of sp³-hybridized carbons (Fsp3) is 0.174. The molecule has 2 aromatic heterocycles. The van der Waals surface area contributed by atoms with Crippen LogP contribution in [-0.2, 0) is 6.54 Å². The monoisotopic (exact) mass is 440 g/mol. The summed E-state index contributed by atoms with van der Waals surface area (Å²) in [4.78, 5) is 21.6. The maximum atomic E-state index is 12.8. The molecule has 0 bridgehead atoms. The molecule has 0 aliphatic heterocycles. The Kier molecular flexibility index (Phi) is 7.08. The van der Waals surface area contributed by atoms with E-state index >= 15 is 0 Å². The molecule has 2 aromatic carbocycles. The van der Waals surface area contributed by atoms with Crippen LogP contribution in [0.2, 0.25) is 5.02 Å². The van der Waals surface area contributed by atoms with E-state index in [0.29, 0.717) is 17.1 Å². The van der Waals surface area contributed by atoms with E-state index in [0.717, 1.165) is 28.7 Å². The smallest absolute Gasteiger partial charge is 0.251 e. The lowest BCUT2D eigenvalue weighted by Crippen LogP contribution is -2.28. The van der Waals surface area contributed by atoms with E-state index in [1.165, 1.54) is 0 Å². The quantitative estimate of drug-likeness (QED) is 0.434. The van der Waals surface area contributed by atoms with Crippen molar-refractivity contribution in [3.63, 3.8) is 0 Å². The van der Waals surface area contributed by atoms with Crippen molar-refractivity contribution in [3.05, 3.63) is 95.0 Å². The molecule has 4 rings (SSSR count). The second-order valence-electron chi connectivity index (χ2n) is 6.89. The molecule has 0 aliphatic rings. The number of nitrogens with one attached hydrogen (secondary N) is 1. The second kappa shape index (κ2) is 9.74.